The number of H-pyrrole nitrogens is 1. The molecule has 0 radical (unpaired) electrons. The molecule has 5 heterocycles. The minimum atomic E-state index is -2.04. The number of fused-ring (bicyclic) bond motifs is 5. The first-order valence-electron chi connectivity index (χ1n) is 16.3. The van der Waals surface area contributed by atoms with Crippen LogP contribution in [0.4, 0.5) is 0 Å². The first-order valence-corrected chi connectivity index (χ1v) is 16.3. The number of nitrogens with zero attached hydrogens (tertiary/aromatic N) is 3. The van der Waals surface area contributed by atoms with Crippen molar-refractivity contribution in [2.24, 2.45) is 11.8 Å². The van der Waals surface area contributed by atoms with E-state index in [4.69, 9.17) is 4.74 Å². The van der Waals surface area contributed by atoms with Crippen LogP contribution >= 0.6 is 0 Å². The van der Waals surface area contributed by atoms with Crippen molar-refractivity contribution in [2.45, 2.75) is 81.6 Å². The van der Waals surface area contributed by atoms with Crippen molar-refractivity contribution in [1.82, 2.24) is 25.0 Å². The molecule has 3 aromatic rings. The molecule has 0 unspecified atom stereocenters. The molecule has 8 rings (SSSR count). The molecule has 1 aliphatic carbocycles. The third-order valence-electron chi connectivity index (χ3n) is 11.2. The molecule has 7 atom stereocenters. The number of aromatic amines is 1. The average Bonchev–Trinajstić information content (AvgIpc) is 3.74. The summed E-state index contributed by atoms with van der Waals surface area (Å²) in [4.78, 5) is 51.4. The lowest BCUT2D eigenvalue weighted by Gasteiger charge is -2.48. The predicted molar refractivity (Wildman–Crippen MR) is 167 cm³/mol. The van der Waals surface area contributed by atoms with E-state index in [9.17, 15) is 19.5 Å². The minimum Gasteiger partial charge on any atom is -0.361 e. The lowest BCUT2D eigenvalue weighted by atomic mass is 9.72. The Morgan fingerprint density at radius 3 is 2.73 bits per heavy atom. The normalized spacial score (nSPS) is 34.3. The number of piperidine rings is 1. The van der Waals surface area contributed by atoms with E-state index >= 15 is 0 Å². The summed E-state index contributed by atoms with van der Waals surface area (Å²) >= 11 is 0. The molecule has 10 nitrogen and oxygen atoms in total. The second-order valence-corrected chi connectivity index (χ2v) is 14.0. The Hall–Kier alpha value is -3.73. The molecule has 4 saturated heterocycles. The summed E-state index contributed by atoms with van der Waals surface area (Å²) < 4.78 is 6.51. The summed E-state index contributed by atoms with van der Waals surface area (Å²) in [6, 6.07) is 14.5. The van der Waals surface area contributed by atoms with Crippen LogP contribution in [0.2, 0.25) is 0 Å². The van der Waals surface area contributed by atoms with Gasteiger partial charge in [-0.3, -0.25) is 24.0 Å². The first kappa shape index (κ1) is 28.7. The molecule has 5 aliphatic rings. The van der Waals surface area contributed by atoms with Gasteiger partial charge in [-0.2, -0.15) is 0 Å². The fourth-order valence-corrected chi connectivity index (χ4v) is 8.99. The summed E-state index contributed by atoms with van der Waals surface area (Å²) in [5, 5.41) is 16.6. The number of amides is 3. The van der Waals surface area contributed by atoms with Crippen molar-refractivity contribution in [3.05, 3.63) is 71.4 Å². The lowest BCUT2D eigenvalue weighted by molar-refractivity contribution is -0.321. The number of hydrogen-bond acceptors (Lipinski definition) is 6. The number of rotatable bonds is 5. The van der Waals surface area contributed by atoms with Crippen LogP contribution in [0, 0.1) is 11.8 Å². The Morgan fingerprint density at radius 1 is 1.16 bits per heavy atom. The third-order valence-corrected chi connectivity index (χ3v) is 11.2. The van der Waals surface area contributed by atoms with E-state index in [2.05, 4.69) is 46.6 Å². The number of aliphatic hydroxyl groups is 1. The molecule has 4 aliphatic heterocycles. The Morgan fingerprint density at radius 2 is 1.96 bits per heavy atom. The molecule has 4 fully saturated rings. The number of benzene rings is 2. The number of likely N-dealkylation sites (tertiary alicyclic amines) is 1. The summed E-state index contributed by atoms with van der Waals surface area (Å²) in [7, 11) is 2.07. The fourth-order valence-electron chi connectivity index (χ4n) is 8.99. The number of piperazine rings is 1. The first-order chi connectivity index (χ1) is 21.6. The molecule has 1 aromatic heterocycles. The van der Waals surface area contributed by atoms with Crippen LogP contribution < -0.4 is 5.32 Å². The van der Waals surface area contributed by atoms with Crippen LogP contribution in [0.3, 0.4) is 0 Å². The van der Waals surface area contributed by atoms with Crippen molar-refractivity contribution in [1.29, 1.82) is 0 Å². The van der Waals surface area contributed by atoms with E-state index in [1.165, 1.54) is 21.4 Å². The van der Waals surface area contributed by atoms with Gasteiger partial charge in [-0.25, -0.2) is 0 Å². The Kier molecular flexibility index (Phi) is 6.47. The lowest BCUT2D eigenvalue weighted by Crippen LogP contribution is -2.71. The van der Waals surface area contributed by atoms with E-state index in [0.29, 0.717) is 32.4 Å². The molecule has 3 amide bonds. The molecular weight excluding hydrogens is 570 g/mol. The molecular formula is C35H41N5O5. The number of hydrogen-bond donors (Lipinski definition) is 3. The molecule has 10 heteroatoms. The summed E-state index contributed by atoms with van der Waals surface area (Å²) in [6.45, 7) is 4.68. The minimum absolute atomic E-state index is 0.164. The van der Waals surface area contributed by atoms with Crippen molar-refractivity contribution < 1.29 is 24.2 Å². The van der Waals surface area contributed by atoms with Gasteiger partial charge in [0.2, 0.25) is 17.5 Å². The predicted octanol–water partition coefficient (Wildman–Crippen LogP) is 2.72. The second-order valence-electron chi connectivity index (χ2n) is 14.0. The van der Waals surface area contributed by atoms with Crippen LogP contribution in [0.15, 0.2) is 54.7 Å². The van der Waals surface area contributed by atoms with Gasteiger partial charge in [0, 0.05) is 54.5 Å². The molecule has 0 spiro atoms. The van der Waals surface area contributed by atoms with Gasteiger partial charge in [-0.05, 0) is 55.5 Å². The van der Waals surface area contributed by atoms with E-state index in [1.54, 1.807) is 4.90 Å². The molecule has 0 bridgehead atoms. The SMILES string of the molecule is CC(C)[C@@]1(NC(=O)[C@@H]2C[C@@H]3c4cccc5[nH]cc(c45)C[C@@H]3N(C)C2)O[C@@]2(O)[C@H]3CCCN3C(=O)[C@@H](Cc3ccccc3)N2C1=O. The van der Waals surface area contributed by atoms with Crippen LogP contribution in [-0.2, 0) is 32.0 Å². The summed E-state index contributed by atoms with van der Waals surface area (Å²) in [5.74, 6) is -3.80. The largest absolute Gasteiger partial charge is 0.361 e. The van der Waals surface area contributed by atoms with Crippen molar-refractivity contribution in [3.63, 3.8) is 0 Å². The number of carbonyl (C=O) groups is 3. The highest BCUT2D eigenvalue weighted by molar-refractivity contribution is 5.98. The summed E-state index contributed by atoms with van der Waals surface area (Å²) in [5.41, 5.74) is 2.75. The van der Waals surface area contributed by atoms with Gasteiger partial charge in [0.15, 0.2) is 0 Å². The standard InChI is InChI=1S/C35H41N5O5/c1-20(2)34(37-31(41)23-16-25-24-11-7-12-26-30(24)22(18-36-26)17-27(25)38(3)19-23)33(43)40-28(15-21-9-5-4-6-10-21)32(42)39-14-8-13-29(39)35(40,44)45-34/h4-7,9-12,18,20,23,25,27-29,36,44H,8,13-17,19H2,1-3H3,(H,37,41)/t23-,25-,27+,28-,29-,34-,35+/m1/s1. The molecule has 45 heavy (non-hydrogen) atoms. The zero-order valence-electron chi connectivity index (χ0n) is 26.0. The van der Waals surface area contributed by atoms with Gasteiger partial charge >= 0.3 is 0 Å². The van der Waals surface area contributed by atoms with Gasteiger partial charge in [0.25, 0.3) is 11.8 Å². The fraction of sp³-hybridized carbons (Fsp3) is 0.514. The molecule has 236 valence electrons. The maximum atomic E-state index is 14.6. The summed E-state index contributed by atoms with van der Waals surface area (Å²) in [6.07, 6.45) is 5.12. The van der Waals surface area contributed by atoms with E-state index in [1.807, 2.05) is 44.2 Å². The average molecular weight is 612 g/mol. The third kappa shape index (κ3) is 4.08. The second kappa shape index (κ2) is 10.1. The van der Waals surface area contributed by atoms with Crippen LogP contribution in [0.5, 0.6) is 0 Å². The van der Waals surface area contributed by atoms with Gasteiger partial charge < -0.3 is 25.2 Å². The van der Waals surface area contributed by atoms with Gasteiger partial charge in [0.05, 0.1) is 5.92 Å². The molecule has 2 aromatic carbocycles. The monoisotopic (exact) mass is 611 g/mol. The van der Waals surface area contributed by atoms with Crippen LogP contribution in [0.25, 0.3) is 10.9 Å². The maximum Gasteiger partial charge on any atom is 0.281 e. The van der Waals surface area contributed by atoms with Gasteiger partial charge in [0.1, 0.15) is 12.1 Å². The van der Waals surface area contributed by atoms with E-state index < -0.39 is 41.5 Å². The van der Waals surface area contributed by atoms with Crippen LogP contribution in [-0.4, -0.2) is 92.4 Å². The number of likely N-dealkylation sites (N-methyl/N-ethyl adjacent to an activating group) is 1. The quantitative estimate of drug-likeness (QED) is 0.409. The van der Waals surface area contributed by atoms with Crippen molar-refractivity contribution >= 4 is 28.6 Å². The van der Waals surface area contributed by atoms with Crippen molar-refractivity contribution in [2.75, 3.05) is 20.1 Å². The highest BCUT2D eigenvalue weighted by Crippen LogP contribution is 2.49. The number of nitrogens with one attached hydrogen (secondary N) is 2. The van der Waals surface area contributed by atoms with Gasteiger partial charge in [-0.1, -0.05) is 56.3 Å². The van der Waals surface area contributed by atoms with E-state index in [-0.39, 0.29) is 30.2 Å². The smallest absolute Gasteiger partial charge is 0.281 e. The van der Waals surface area contributed by atoms with Crippen molar-refractivity contribution in [3.8, 4) is 0 Å². The topological polar surface area (TPSA) is 118 Å². The number of ether oxygens (including phenoxy) is 1. The molecule has 0 saturated carbocycles. The van der Waals surface area contributed by atoms with Gasteiger partial charge in [-0.15, -0.1) is 0 Å². The molecule has 3 N–H and O–H groups in total. The van der Waals surface area contributed by atoms with E-state index in [0.717, 1.165) is 17.5 Å². The zero-order chi connectivity index (χ0) is 31.2. The highest BCUT2D eigenvalue weighted by Gasteiger charge is 2.72. The zero-order valence-corrected chi connectivity index (χ0v) is 26.0. The maximum absolute atomic E-state index is 14.6. The number of carbonyl (C=O) groups excluding carboxylic acids is 3. The Balaban J connectivity index is 1.12. The Labute approximate surface area is 262 Å². The number of aromatic nitrogens is 1. The van der Waals surface area contributed by atoms with Crippen LogP contribution in [0.1, 0.15) is 55.7 Å². The Bertz CT molecular complexity index is 1690. The highest BCUT2D eigenvalue weighted by atomic mass is 16.7.